The molecule has 0 radical (unpaired) electrons. The van der Waals surface area contributed by atoms with Crippen molar-refractivity contribution in [1.82, 2.24) is 4.90 Å². The fraction of sp³-hybridized carbons (Fsp3) is 0.500. The number of carbonyl (C=O) groups is 2. The SMILES string of the molecule is N[C@@H]1CCN2C(=O)N(c3ccc(N4CCOCC4=O)cc3)C[C@H]12. The molecular weight excluding hydrogens is 296 g/mol. The van der Waals surface area contributed by atoms with E-state index in [2.05, 4.69) is 0 Å². The standard InChI is InChI=1S/C16H20N4O3/c17-13-5-6-19-14(13)9-20(16(19)22)12-3-1-11(2-4-12)18-7-8-23-10-15(18)21/h1-4,13-14H,5-10,17H2/t13-,14-/m1/s1. The average molecular weight is 316 g/mol. The van der Waals surface area contributed by atoms with E-state index in [1.165, 1.54) is 0 Å². The molecule has 3 aliphatic heterocycles. The van der Waals surface area contributed by atoms with Crippen LogP contribution in [0.2, 0.25) is 0 Å². The lowest BCUT2D eigenvalue weighted by Gasteiger charge is -2.27. The van der Waals surface area contributed by atoms with Crippen LogP contribution in [0.3, 0.4) is 0 Å². The zero-order valence-electron chi connectivity index (χ0n) is 12.9. The van der Waals surface area contributed by atoms with E-state index < -0.39 is 0 Å². The number of anilines is 2. The number of nitrogens with two attached hydrogens (primary N) is 1. The Kier molecular flexibility index (Phi) is 3.46. The molecule has 3 amide bonds. The topological polar surface area (TPSA) is 79.1 Å². The van der Waals surface area contributed by atoms with Gasteiger partial charge >= 0.3 is 6.03 Å². The molecule has 4 rings (SSSR count). The van der Waals surface area contributed by atoms with Crippen LogP contribution >= 0.6 is 0 Å². The van der Waals surface area contributed by atoms with Crippen LogP contribution in [0.1, 0.15) is 6.42 Å². The van der Waals surface area contributed by atoms with Crippen molar-refractivity contribution in [1.29, 1.82) is 0 Å². The van der Waals surface area contributed by atoms with Crippen LogP contribution in [0.4, 0.5) is 16.2 Å². The van der Waals surface area contributed by atoms with Gasteiger partial charge in [-0.1, -0.05) is 0 Å². The molecule has 0 unspecified atom stereocenters. The van der Waals surface area contributed by atoms with Crippen molar-refractivity contribution < 1.29 is 14.3 Å². The number of benzene rings is 1. The lowest BCUT2D eigenvalue weighted by molar-refractivity contribution is -0.125. The maximum absolute atomic E-state index is 12.5. The summed E-state index contributed by atoms with van der Waals surface area (Å²) < 4.78 is 5.14. The van der Waals surface area contributed by atoms with Crippen molar-refractivity contribution in [3.8, 4) is 0 Å². The van der Waals surface area contributed by atoms with Gasteiger partial charge < -0.3 is 20.3 Å². The Morgan fingerprint density at radius 2 is 1.74 bits per heavy atom. The van der Waals surface area contributed by atoms with E-state index in [-0.39, 0.29) is 30.6 Å². The first-order valence-corrected chi connectivity index (χ1v) is 7.97. The first kappa shape index (κ1) is 14.5. The van der Waals surface area contributed by atoms with Gasteiger partial charge in [-0.15, -0.1) is 0 Å². The molecule has 0 saturated carbocycles. The van der Waals surface area contributed by atoms with Gasteiger partial charge in [0.25, 0.3) is 5.91 Å². The van der Waals surface area contributed by atoms with E-state index >= 15 is 0 Å². The summed E-state index contributed by atoms with van der Waals surface area (Å²) in [5.74, 6) is -0.0344. The summed E-state index contributed by atoms with van der Waals surface area (Å²) in [6, 6.07) is 7.76. The van der Waals surface area contributed by atoms with Gasteiger partial charge in [0.2, 0.25) is 0 Å². The fourth-order valence-corrected chi connectivity index (χ4v) is 3.59. The lowest BCUT2D eigenvalue weighted by Crippen LogP contribution is -2.41. The average Bonchev–Trinajstić information content (AvgIpc) is 3.09. The molecule has 7 nitrogen and oxygen atoms in total. The van der Waals surface area contributed by atoms with Crippen molar-refractivity contribution in [2.75, 3.05) is 42.6 Å². The quantitative estimate of drug-likeness (QED) is 0.856. The van der Waals surface area contributed by atoms with Crippen LogP contribution in [0, 0.1) is 0 Å². The number of hydrogen-bond acceptors (Lipinski definition) is 4. The number of amides is 3. The Labute approximate surface area is 134 Å². The van der Waals surface area contributed by atoms with Crippen LogP contribution in [-0.2, 0) is 9.53 Å². The Morgan fingerprint density at radius 3 is 2.39 bits per heavy atom. The highest BCUT2D eigenvalue weighted by molar-refractivity contribution is 5.97. The molecule has 0 aliphatic carbocycles. The van der Waals surface area contributed by atoms with Crippen molar-refractivity contribution in [2.45, 2.75) is 18.5 Å². The Morgan fingerprint density at radius 1 is 1.04 bits per heavy atom. The lowest BCUT2D eigenvalue weighted by atomic mass is 10.1. The maximum Gasteiger partial charge on any atom is 0.324 e. The summed E-state index contributed by atoms with van der Waals surface area (Å²) in [7, 11) is 0. The van der Waals surface area contributed by atoms with E-state index in [0.717, 1.165) is 24.3 Å². The van der Waals surface area contributed by atoms with E-state index in [1.54, 1.807) is 9.80 Å². The number of rotatable bonds is 2. The van der Waals surface area contributed by atoms with Crippen molar-refractivity contribution in [2.24, 2.45) is 5.73 Å². The van der Waals surface area contributed by atoms with Crippen molar-refractivity contribution in [3.05, 3.63) is 24.3 Å². The van der Waals surface area contributed by atoms with Gasteiger partial charge in [-0.3, -0.25) is 9.69 Å². The molecule has 0 spiro atoms. The highest BCUT2D eigenvalue weighted by atomic mass is 16.5. The van der Waals surface area contributed by atoms with Gasteiger partial charge in [0.05, 0.1) is 12.6 Å². The number of morpholine rings is 1. The van der Waals surface area contributed by atoms with Gasteiger partial charge in [0, 0.05) is 37.1 Å². The molecular formula is C16H20N4O3. The zero-order valence-corrected chi connectivity index (χ0v) is 12.9. The molecule has 2 atom stereocenters. The summed E-state index contributed by atoms with van der Waals surface area (Å²) in [5.41, 5.74) is 7.77. The minimum Gasteiger partial charge on any atom is -0.370 e. The van der Waals surface area contributed by atoms with Crippen molar-refractivity contribution in [3.63, 3.8) is 0 Å². The summed E-state index contributed by atoms with van der Waals surface area (Å²) in [5, 5.41) is 0. The Balaban J connectivity index is 1.52. The number of urea groups is 1. The predicted octanol–water partition coefficient (Wildman–Crippen LogP) is 0.391. The second-order valence-electron chi connectivity index (χ2n) is 6.22. The minimum absolute atomic E-state index is 0.0261. The zero-order chi connectivity index (χ0) is 16.0. The van der Waals surface area contributed by atoms with Crippen LogP contribution < -0.4 is 15.5 Å². The summed E-state index contributed by atoms with van der Waals surface area (Å²) in [6.07, 6.45) is 0.877. The van der Waals surface area contributed by atoms with Gasteiger partial charge in [-0.05, 0) is 30.7 Å². The summed E-state index contributed by atoms with van der Waals surface area (Å²) in [6.45, 7) is 2.61. The van der Waals surface area contributed by atoms with Gasteiger partial charge in [-0.2, -0.15) is 0 Å². The second-order valence-corrected chi connectivity index (χ2v) is 6.22. The molecule has 3 fully saturated rings. The van der Waals surface area contributed by atoms with Gasteiger partial charge in [-0.25, -0.2) is 4.79 Å². The Hall–Kier alpha value is -2.12. The van der Waals surface area contributed by atoms with Crippen LogP contribution in [-0.4, -0.2) is 61.8 Å². The number of ether oxygens (including phenoxy) is 1. The maximum atomic E-state index is 12.5. The third-order valence-corrected chi connectivity index (χ3v) is 4.90. The minimum atomic E-state index is -0.0344. The molecule has 3 heterocycles. The number of fused-ring (bicyclic) bond motifs is 1. The first-order valence-electron chi connectivity index (χ1n) is 7.97. The van der Waals surface area contributed by atoms with Gasteiger partial charge in [0.15, 0.2) is 0 Å². The molecule has 122 valence electrons. The largest absolute Gasteiger partial charge is 0.370 e. The molecule has 23 heavy (non-hydrogen) atoms. The summed E-state index contributed by atoms with van der Waals surface area (Å²) >= 11 is 0. The molecule has 2 N–H and O–H groups in total. The fourth-order valence-electron chi connectivity index (χ4n) is 3.59. The van der Waals surface area contributed by atoms with Crippen LogP contribution in [0.15, 0.2) is 24.3 Å². The molecule has 3 aliphatic rings. The number of carbonyl (C=O) groups excluding carboxylic acids is 2. The number of nitrogens with zero attached hydrogens (tertiary/aromatic N) is 3. The third kappa shape index (κ3) is 2.36. The molecule has 0 aromatic heterocycles. The molecule has 1 aromatic rings. The molecule has 1 aromatic carbocycles. The normalized spacial score (nSPS) is 27.8. The van der Waals surface area contributed by atoms with Crippen LogP contribution in [0.5, 0.6) is 0 Å². The predicted molar refractivity (Wildman–Crippen MR) is 85.4 cm³/mol. The highest BCUT2D eigenvalue weighted by Gasteiger charge is 2.44. The highest BCUT2D eigenvalue weighted by Crippen LogP contribution is 2.31. The van der Waals surface area contributed by atoms with E-state index in [0.29, 0.717) is 19.7 Å². The molecule has 0 bridgehead atoms. The van der Waals surface area contributed by atoms with E-state index in [1.807, 2.05) is 29.2 Å². The third-order valence-electron chi connectivity index (χ3n) is 4.90. The van der Waals surface area contributed by atoms with Gasteiger partial charge in [0.1, 0.15) is 6.61 Å². The smallest absolute Gasteiger partial charge is 0.324 e. The van der Waals surface area contributed by atoms with Crippen LogP contribution in [0.25, 0.3) is 0 Å². The monoisotopic (exact) mass is 316 g/mol. The van der Waals surface area contributed by atoms with Crippen molar-refractivity contribution >= 4 is 23.3 Å². The second kappa shape index (κ2) is 5.50. The summed E-state index contributed by atoms with van der Waals surface area (Å²) in [4.78, 5) is 29.7. The molecule has 3 saturated heterocycles. The number of hydrogen-bond donors (Lipinski definition) is 1. The van der Waals surface area contributed by atoms with E-state index in [4.69, 9.17) is 10.5 Å². The van der Waals surface area contributed by atoms with E-state index in [9.17, 15) is 9.59 Å². The first-order chi connectivity index (χ1) is 11.1. The molecule has 7 heteroatoms. The Bertz CT molecular complexity index is 633.